The highest BCUT2D eigenvalue weighted by atomic mass is 19.4. The van der Waals surface area contributed by atoms with E-state index in [-0.39, 0.29) is 17.8 Å². The molecule has 1 rings (SSSR count). The highest BCUT2D eigenvalue weighted by Crippen LogP contribution is 2.35. The molecular weight excluding hydrogens is 243 g/mol. The van der Waals surface area contributed by atoms with Crippen LogP contribution in [0.3, 0.4) is 0 Å². The van der Waals surface area contributed by atoms with Crippen LogP contribution in [0.5, 0.6) is 5.75 Å². The summed E-state index contributed by atoms with van der Waals surface area (Å²) < 4.78 is 40.0. The molecule has 0 aromatic carbocycles. The van der Waals surface area contributed by atoms with Crippen molar-refractivity contribution in [2.45, 2.75) is 19.8 Å². The molecule has 2 N–H and O–H groups in total. The van der Waals surface area contributed by atoms with Gasteiger partial charge in [-0.05, 0) is 6.92 Å². The fourth-order valence-corrected chi connectivity index (χ4v) is 1.21. The Balaban J connectivity index is 3.39. The monoisotopic (exact) mass is 251 g/mol. The fraction of sp³-hybridized carbons (Fsp3) is 0.375. The van der Waals surface area contributed by atoms with Crippen LogP contribution in [0, 0.1) is 17.0 Å². The zero-order valence-corrected chi connectivity index (χ0v) is 8.61. The SMILES string of the molecule is Cc1ncc([N+](=O)[O-])c(OC(F)(F)F)c1CN. The van der Waals surface area contributed by atoms with Crippen molar-refractivity contribution in [2.24, 2.45) is 5.73 Å². The number of aromatic nitrogens is 1. The molecule has 0 saturated carbocycles. The van der Waals surface area contributed by atoms with Crippen LogP contribution in [0.1, 0.15) is 11.3 Å². The maximum Gasteiger partial charge on any atom is 0.573 e. The van der Waals surface area contributed by atoms with Gasteiger partial charge in [-0.25, -0.2) is 0 Å². The molecule has 0 fully saturated rings. The summed E-state index contributed by atoms with van der Waals surface area (Å²) in [5.41, 5.74) is 4.37. The van der Waals surface area contributed by atoms with Crippen molar-refractivity contribution in [1.82, 2.24) is 4.98 Å². The third-order valence-corrected chi connectivity index (χ3v) is 1.94. The van der Waals surface area contributed by atoms with Crippen LogP contribution in [-0.2, 0) is 6.54 Å². The van der Waals surface area contributed by atoms with Gasteiger partial charge in [-0.3, -0.25) is 15.1 Å². The molecular formula is C8H8F3N3O3. The molecule has 1 aromatic rings. The van der Waals surface area contributed by atoms with Gasteiger partial charge in [0.25, 0.3) is 0 Å². The minimum absolute atomic E-state index is 0.142. The molecule has 0 unspecified atom stereocenters. The zero-order chi connectivity index (χ0) is 13.2. The predicted molar refractivity (Wildman–Crippen MR) is 50.2 cm³/mol. The van der Waals surface area contributed by atoms with Gasteiger partial charge in [0, 0.05) is 17.8 Å². The van der Waals surface area contributed by atoms with E-state index in [1.54, 1.807) is 0 Å². The lowest BCUT2D eigenvalue weighted by Crippen LogP contribution is -2.20. The summed E-state index contributed by atoms with van der Waals surface area (Å²) >= 11 is 0. The van der Waals surface area contributed by atoms with E-state index in [0.717, 1.165) is 0 Å². The van der Waals surface area contributed by atoms with E-state index in [0.29, 0.717) is 6.20 Å². The molecule has 1 heterocycles. The number of aryl methyl sites for hydroxylation is 1. The summed E-state index contributed by atoms with van der Waals surface area (Å²) in [6.45, 7) is 1.04. The van der Waals surface area contributed by atoms with E-state index in [4.69, 9.17) is 5.73 Å². The summed E-state index contributed by atoms with van der Waals surface area (Å²) in [5.74, 6) is -0.905. The van der Waals surface area contributed by atoms with Crippen LogP contribution >= 0.6 is 0 Å². The first-order chi connectivity index (χ1) is 7.76. The summed E-state index contributed by atoms with van der Waals surface area (Å²) in [7, 11) is 0. The Morgan fingerprint density at radius 1 is 1.59 bits per heavy atom. The van der Waals surface area contributed by atoms with E-state index < -0.39 is 22.7 Å². The van der Waals surface area contributed by atoms with E-state index in [1.165, 1.54) is 6.92 Å². The van der Waals surface area contributed by atoms with Crippen molar-refractivity contribution in [3.63, 3.8) is 0 Å². The van der Waals surface area contributed by atoms with Crippen molar-refractivity contribution in [2.75, 3.05) is 0 Å². The first kappa shape index (κ1) is 13.2. The van der Waals surface area contributed by atoms with Crippen molar-refractivity contribution in [3.8, 4) is 5.75 Å². The van der Waals surface area contributed by atoms with Gasteiger partial charge in [0.1, 0.15) is 6.20 Å². The van der Waals surface area contributed by atoms with Gasteiger partial charge in [-0.1, -0.05) is 0 Å². The molecule has 17 heavy (non-hydrogen) atoms. The number of nitrogens with two attached hydrogens (primary N) is 1. The highest BCUT2D eigenvalue weighted by Gasteiger charge is 2.36. The van der Waals surface area contributed by atoms with Crippen molar-refractivity contribution >= 4 is 5.69 Å². The van der Waals surface area contributed by atoms with Crippen LogP contribution < -0.4 is 10.5 Å². The van der Waals surface area contributed by atoms with Gasteiger partial charge in [0.05, 0.1) is 4.92 Å². The van der Waals surface area contributed by atoms with Crippen molar-refractivity contribution < 1.29 is 22.8 Å². The number of pyridine rings is 1. The number of rotatable bonds is 3. The summed E-state index contributed by atoms with van der Waals surface area (Å²) in [6.07, 6.45) is -4.32. The maximum absolute atomic E-state index is 12.1. The lowest BCUT2D eigenvalue weighted by Gasteiger charge is -2.13. The lowest BCUT2D eigenvalue weighted by atomic mass is 10.1. The molecule has 0 aliphatic heterocycles. The Morgan fingerprint density at radius 2 is 2.18 bits per heavy atom. The topological polar surface area (TPSA) is 91.3 Å². The first-order valence-electron chi connectivity index (χ1n) is 4.35. The smallest absolute Gasteiger partial charge is 0.398 e. The molecule has 1 aromatic heterocycles. The van der Waals surface area contributed by atoms with Crippen LogP contribution in [0.4, 0.5) is 18.9 Å². The predicted octanol–water partition coefficient (Wildman–Crippen LogP) is 1.66. The molecule has 0 radical (unpaired) electrons. The van der Waals surface area contributed by atoms with Crippen molar-refractivity contribution in [1.29, 1.82) is 0 Å². The van der Waals surface area contributed by atoms with Gasteiger partial charge in [-0.15, -0.1) is 13.2 Å². The van der Waals surface area contributed by atoms with Crippen LogP contribution in [0.2, 0.25) is 0 Å². The fourth-order valence-electron chi connectivity index (χ4n) is 1.21. The summed E-state index contributed by atoms with van der Waals surface area (Å²) in [4.78, 5) is 13.1. The number of ether oxygens (including phenoxy) is 1. The molecule has 0 amide bonds. The maximum atomic E-state index is 12.1. The van der Waals surface area contributed by atoms with Gasteiger partial charge in [0.15, 0.2) is 0 Å². The lowest BCUT2D eigenvalue weighted by molar-refractivity contribution is -0.389. The second-order valence-electron chi connectivity index (χ2n) is 3.05. The third kappa shape index (κ3) is 3.03. The van der Waals surface area contributed by atoms with E-state index >= 15 is 0 Å². The molecule has 0 spiro atoms. The summed E-state index contributed by atoms with van der Waals surface area (Å²) in [6, 6.07) is 0. The largest absolute Gasteiger partial charge is 0.573 e. The molecule has 0 aliphatic carbocycles. The second kappa shape index (κ2) is 4.53. The van der Waals surface area contributed by atoms with Crippen LogP contribution in [0.25, 0.3) is 0 Å². The number of hydrogen-bond acceptors (Lipinski definition) is 5. The third-order valence-electron chi connectivity index (χ3n) is 1.94. The van der Waals surface area contributed by atoms with E-state index in [2.05, 4.69) is 9.72 Å². The molecule has 94 valence electrons. The quantitative estimate of drug-likeness (QED) is 0.651. The molecule has 0 aliphatic rings. The minimum atomic E-state index is -5.03. The van der Waals surface area contributed by atoms with Gasteiger partial charge >= 0.3 is 12.0 Å². The average molecular weight is 251 g/mol. The number of alkyl halides is 3. The molecule has 9 heteroatoms. The standard InChI is InChI=1S/C8H8F3N3O3/c1-4-5(2-12)7(17-8(9,10)11)6(3-13-4)14(15)16/h3H,2,12H2,1H3. The van der Waals surface area contributed by atoms with Gasteiger partial charge in [-0.2, -0.15) is 0 Å². The molecule has 0 atom stereocenters. The first-order valence-corrected chi connectivity index (χ1v) is 4.35. The number of nitrogens with zero attached hydrogens (tertiary/aromatic N) is 2. The minimum Gasteiger partial charge on any atom is -0.398 e. The molecule has 0 bridgehead atoms. The van der Waals surface area contributed by atoms with Gasteiger partial charge in [0.2, 0.25) is 5.75 Å². The Bertz CT molecular complexity index is 448. The highest BCUT2D eigenvalue weighted by molar-refractivity contribution is 5.51. The Kier molecular flexibility index (Phi) is 3.51. The normalized spacial score (nSPS) is 11.4. The average Bonchev–Trinajstić information content (AvgIpc) is 2.15. The molecule has 6 nitrogen and oxygen atoms in total. The van der Waals surface area contributed by atoms with Gasteiger partial charge < -0.3 is 10.5 Å². The number of hydrogen-bond donors (Lipinski definition) is 1. The number of halogens is 3. The molecule has 0 saturated heterocycles. The van der Waals surface area contributed by atoms with Crippen molar-refractivity contribution in [3.05, 3.63) is 27.6 Å². The van der Waals surface area contributed by atoms with E-state index in [1.807, 2.05) is 0 Å². The van der Waals surface area contributed by atoms with Crippen LogP contribution in [-0.4, -0.2) is 16.3 Å². The van der Waals surface area contributed by atoms with Crippen LogP contribution in [0.15, 0.2) is 6.20 Å². The Hall–Kier alpha value is -1.90. The second-order valence-corrected chi connectivity index (χ2v) is 3.05. The number of nitro groups is 1. The Morgan fingerprint density at radius 3 is 2.59 bits per heavy atom. The zero-order valence-electron chi connectivity index (χ0n) is 8.61. The Labute approximate surface area is 93.3 Å². The summed E-state index contributed by atoms with van der Waals surface area (Å²) in [5, 5.41) is 10.6. The van der Waals surface area contributed by atoms with E-state index in [9.17, 15) is 23.3 Å².